The molecule has 1 aliphatic heterocycles. The van der Waals surface area contributed by atoms with Crippen molar-refractivity contribution in [2.45, 2.75) is 38.9 Å². The number of piperidine rings is 1. The van der Waals surface area contributed by atoms with Crippen LogP contribution in [0.3, 0.4) is 0 Å². The van der Waals surface area contributed by atoms with E-state index >= 15 is 0 Å². The molecule has 0 atom stereocenters. The molecule has 2 heteroatoms. The molecule has 88 valence electrons. The second kappa shape index (κ2) is 6.02. The van der Waals surface area contributed by atoms with E-state index in [0.717, 1.165) is 39.0 Å². The first kappa shape index (κ1) is 11.6. The summed E-state index contributed by atoms with van der Waals surface area (Å²) < 4.78 is 5.90. The van der Waals surface area contributed by atoms with E-state index in [1.165, 1.54) is 11.1 Å². The number of hydrogen-bond donors (Lipinski definition) is 1. The smallest absolute Gasteiger partial charge is 0.0720 e. The van der Waals surface area contributed by atoms with Crippen LogP contribution in [0.1, 0.15) is 30.9 Å². The SMILES string of the molecule is CCc1ccc(COC2CCNCC2)cc1. The number of hydrogen-bond acceptors (Lipinski definition) is 2. The summed E-state index contributed by atoms with van der Waals surface area (Å²) in [6, 6.07) is 8.75. The third kappa shape index (κ3) is 3.32. The van der Waals surface area contributed by atoms with Crippen LogP contribution in [0.5, 0.6) is 0 Å². The molecule has 0 radical (unpaired) electrons. The van der Waals surface area contributed by atoms with Crippen molar-refractivity contribution in [2.75, 3.05) is 13.1 Å². The monoisotopic (exact) mass is 219 g/mol. The van der Waals surface area contributed by atoms with Gasteiger partial charge in [-0.05, 0) is 43.5 Å². The van der Waals surface area contributed by atoms with E-state index in [4.69, 9.17) is 4.74 Å². The lowest BCUT2D eigenvalue weighted by Gasteiger charge is -2.22. The summed E-state index contributed by atoms with van der Waals surface area (Å²) in [5.74, 6) is 0. The Labute approximate surface area is 98.0 Å². The zero-order chi connectivity index (χ0) is 11.2. The number of benzene rings is 1. The number of rotatable bonds is 4. The minimum atomic E-state index is 0.451. The van der Waals surface area contributed by atoms with Gasteiger partial charge in [0.15, 0.2) is 0 Å². The van der Waals surface area contributed by atoms with E-state index in [2.05, 4.69) is 36.5 Å². The average Bonchev–Trinajstić information content (AvgIpc) is 2.38. The summed E-state index contributed by atoms with van der Waals surface area (Å²) in [4.78, 5) is 0. The lowest BCUT2D eigenvalue weighted by molar-refractivity contribution is 0.0212. The van der Waals surface area contributed by atoms with Gasteiger partial charge >= 0.3 is 0 Å². The van der Waals surface area contributed by atoms with Crippen LogP contribution in [0.25, 0.3) is 0 Å². The number of aryl methyl sites for hydroxylation is 1. The molecule has 1 aromatic rings. The van der Waals surface area contributed by atoms with Crippen LogP contribution >= 0.6 is 0 Å². The standard InChI is InChI=1S/C14H21NO/c1-2-12-3-5-13(6-4-12)11-16-14-7-9-15-10-8-14/h3-6,14-15H,2,7-11H2,1H3. The summed E-state index contributed by atoms with van der Waals surface area (Å²) in [5.41, 5.74) is 2.68. The molecular weight excluding hydrogens is 198 g/mol. The lowest BCUT2D eigenvalue weighted by atomic mass is 10.1. The molecule has 0 bridgehead atoms. The Balaban J connectivity index is 1.79. The van der Waals surface area contributed by atoms with E-state index in [0.29, 0.717) is 6.10 Å². The van der Waals surface area contributed by atoms with Crippen LogP contribution in [0, 0.1) is 0 Å². The molecule has 0 amide bonds. The molecule has 1 fully saturated rings. The summed E-state index contributed by atoms with van der Waals surface area (Å²) in [7, 11) is 0. The summed E-state index contributed by atoms with van der Waals surface area (Å²) in [5, 5.41) is 3.35. The Morgan fingerprint density at radius 2 is 1.75 bits per heavy atom. The van der Waals surface area contributed by atoms with Gasteiger partial charge in [-0.2, -0.15) is 0 Å². The van der Waals surface area contributed by atoms with Gasteiger partial charge in [-0.3, -0.25) is 0 Å². The fraction of sp³-hybridized carbons (Fsp3) is 0.571. The molecule has 0 aliphatic carbocycles. The highest BCUT2D eigenvalue weighted by molar-refractivity contribution is 5.21. The van der Waals surface area contributed by atoms with Crippen molar-refractivity contribution in [1.29, 1.82) is 0 Å². The topological polar surface area (TPSA) is 21.3 Å². The van der Waals surface area contributed by atoms with Crippen molar-refractivity contribution in [3.63, 3.8) is 0 Å². The molecular formula is C14H21NO. The molecule has 1 aliphatic rings. The van der Waals surface area contributed by atoms with Crippen LogP contribution in [-0.4, -0.2) is 19.2 Å². The zero-order valence-corrected chi connectivity index (χ0v) is 10.0. The fourth-order valence-electron chi connectivity index (χ4n) is 2.05. The van der Waals surface area contributed by atoms with Crippen molar-refractivity contribution in [1.82, 2.24) is 5.32 Å². The van der Waals surface area contributed by atoms with Gasteiger partial charge in [0.1, 0.15) is 0 Å². The van der Waals surface area contributed by atoms with E-state index < -0.39 is 0 Å². The van der Waals surface area contributed by atoms with Crippen LogP contribution in [-0.2, 0) is 17.8 Å². The van der Waals surface area contributed by atoms with E-state index in [-0.39, 0.29) is 0 Å². The van der Waals surface area contributed by atoms with Crippen LogP contribution < -0.4 is 5.32 Å². The number of nitrogens with one attached hydrogen (secondary N) is 1. The average molecular weight is 219 g/mol. The Bertz CT molecular complexity index is 301. The van der Waals surface area contributed by atoms with Crippen LogP contribution in [0.15, 0.2) is 24.3 Å². The minimum absolute atomic E-state index is 0.451. The number of ether oxygens (including phenoxy) is 1. The molecule has 1 heterocycles. The summed E-state index contributed by atoms with van der Waals surface area (Å²) in [6.07, 6.45) is 3.85. The summed E-state index contributed by atoms with van der Waals surface area (Å²) in [6.45, 7) is 5.13. The highest BCUT2D eigenvalue weighted by Crippen LogP contribution is 2.12. The molecule has 1 aromatic carbocycles. The van der Waals surface area contributed by atoms with Gasteiger partial charge in [0, 0.05) is 0 Å². The quantitative estimate of drug-likeness (QED) is 0.840. The maximum atomic E-state index is 5.90. The molecule has 0 saturated carbocycles. The highest BCUT2D eigenvalue weighted by Gasteiger charge is 2.12. The van der Waals surface area contributed by atoms with Gasteiger partial charge in [-0.25, -0.2) is 0 Å². The van der Waals surface area contributed by atoms with Crippen LogP contribution in [0.2, 0.25) is 0 Å². The Morgan fingerprint density at radius 3 is 2.38 bits per heavy atom. The third-order valence-electron chi connectivity index (χ3n) is 3.20. The minimum Gasteiger partial charge on any atom is -0.373 e. The van der Waals surface area contributed by atoms with Gasteiger partial charge in [-0.1, -0.05) is 31.2 Å². The fourth-order valence-corrected chi connectivity index (χ4v) is 2.05. The van der Waals surface area contributed by atoms with Crippen molar-refractivity contribution in [3.8, 4) is 0 Å². The van der Waals surface area contributed by atoms with Gasteiger partial charge in [0.25, 0.3) is 0 Å². The molecule has 2 nitrogen and oxygen atoms in total. The molecule has 16 heavy (non-hydrogen) atoms. The first-order valence-corrected chi connectivity index (χ1v) is 6.28. The van der Waals surface area contributed by atoms with Gasteiger partial charge < -0.3 is 10.1 Å². The van der Waals surface area contributed by atoms with E-state index in [1.807, 2.05) is 0 Å². The Hall–Kier alpha value is -0.860. The highest BCUT2D eigenvalue weighted by atomic mass is 16.5. The molecule has 0 aromatic heterocycles. The maximum Gasteiger partial charge on any atom is 0.0720 e. The molecule has 1 saturated heterocycles. The summed E-state index contributed by atoms with van der Waals surface area (Å²) >= 11 is 0. The van der Waals surface area contributed by atoms with E-state index in [9.17, 15) is 0 Å². The molecule has 2 rings (SSSR count). The second-order valence-electron chi connectivity index (χ2n) is 4.43. The normalized spacial score (nSPS) is 17.6. The second-order valence-corrected chi connectivity index (χ2v) is 4.43. The van der Waals surface area contributed by atoms with Crippen molar-refractivity contribution in [2.24, 2.45) is 0 Å². The Kier molecular flexibility index (Phi) is 4.37. The van der Waals surface area contributed by atoms with Crippen molar-refractivity contribution >= 4 is 0 Å². The predicted octanol–water partition coefficient (Wildman–Crippen LogP) is 2.52. The molecule has 0 spiro atoms. The zero-order valence-electron chi connectivity index (χ0n) is 10.0. The van der Waals surface area contributed by atoms with Gasteiger partial charge in [0.2, 0.25) is 0 Å². The maximum absolute atomic E-state index is 5.90. The van der Waals surface area contributed by atoms with Gasteiger partial charge in [-0.15, -0.1) is 0 Å². The third-order valence-corrected chi connectivity index (χ3v) is 3.20. The predicted molar refractivity (Wildman–Crippen MR) is 66.5 cm³/mol. The molecule has 0 unspecified atom stereocenters. The Morgan fingerprint density at radius 1 is 1.12 bits per heavy atom. The first-order valence-electron chi connectivity index (χ1n) is 6.28. The van der Waals surface area contributed by atoms with Crippen molar-refractivity contribution in [3.05, 3.63) is 35.4 Å². The molecule has 1 N–H and O–H groups in total. The van der Waals surface area contributed by atoms with Crippen LogP contribution in [0.4, 0.5) is 0 Å². The first-order chi connectivity index (χ1) is 7.88. The lowest BCUT2D eigenvalue weighted by Crippen LogP contribution is -2.32. The van der Waals surface area contributed by atoms with Crippen molar-refractivity contribution < 1.29 is 4.74 Å². The van der Waals surface area contributed by atoms with E-state index in [1.54, 1.807) is 0 Å². The largest absolute Gasteiger partial charge is 0.373 e. The van der Waals surface area contributed by atoms with Gasteiger partial charge in [0.05, 0.1) is 12.7 Å².